The average molecular weight is 358 g/mol. The molecule has 5 nitrogen and oxygen atoms in total. The molecule has 0 aliphatic rings. The molecule has 4 rings (SSSR count). The van der Waals surface area contributed by atoms with Gasteiger partial charge in [0, 0.05) is 0 Å². The molecule has 132 valence electrons. The fourth-order valence-corrected chi connectivity index (χ4v) is 3.14. The second-order valence-corrected chi connectivity index (χ2v) is 6.04. The minimum atomic E-state index is -0.985. The summed E-state index contributed by atoms with van der Waals surface area (Å²) in [7, 11) is 0. The van der Waals surface area contributed by atoms with Crippen LogP contribution in [0.25, 0.3) is 21.5 Å². The van der Waals surface area contributed by atoms with Crippen molar-refractivity contribution in [1.82, 2.24) is 0 Å². The number of aromatic hydroxyl groups is 2. The molecule has 0 spiro atoms. The number of phenolic OH excluding ortho intramolecular Hbond substituents is 2. The van der Waals surface area contributed by atoms with Crippen molar-refractivity contribution in [3.8, 4) is 11.5 Å². The standard InChI is InChI=1S/C22H14O5/c23-17-11-9-13-5-1-3-7-15(13)19(17)21(25)27-22(26)20-16-8-4-2-6-14(16)10-12-18(20)24/h1-12,23-24H. The van der Waals surface area contributed by atoms with Gasteiger partial charge in [-0.05, 0) is 33.7 Å². The van der Waals surface area contributed by atoms with E-state index in [1.165, 1.54) is 12.1 Å². The van der Waals surface area contributed by atoms with Gasteiger partial charge in [0.2, 0.25) is 0 Å². The zero-order valence-corrected chi connectivity index (χ0v) is 14.0. The van der Waals surface area contributed by atoms with Gasteiger partial charge in [-0.15, -0.1) is 0 Å². The van der Waals surface area contributed by atoms with Gasteiger partial charge < -0.3 is 14.9 Å². The molecule has 0 aliphatic heterocycles. The molecule has 27 heavy (non-hydrogen) atoms. The number of esters is 2. The van der Waals surface area contributed by atoms with Crippen LogP contribution >= 0.6 is 0 Å². The third-order valence-corrected chi connectivity index (χ3v) is 4.41. The van der Waals surface area contributed by atoms with Crippen molar-refractivity contribution in [2.45, 2.75) is 0 Å². The Bertz CT molecular complexity index is 1110. The molecule has 5 heteroatoms. The molecule has 2 N–H and O–H groups in total. The Morgan fingerprint density at radius 3 is 1.44 bits per heavy atom. The maximum absolute atomic E-state index is 12.6. The Hall–Kier alpha value is -3.86. The maximum atomic E-state index is 12.6. The quantitative estimate of drug-likeness (QED) is 0.410. The summed E-state index contributed by atoms with van der Waals surface area (Å²) in [6, 6.07) is 20.0. The Morgan fingerprint density at radius 1 is 0.593 bits per heavy atom. The molecule has 0 saturated heterocycles. The Balaban J connectivity index is 1.76. The first-order valence-electron chi connectivity index (χ1n) is 8.24. The van der Waals surface area contributed by atoms with E-state index in [-0.39, 0.29) is 22.6 Å². The molecule has 0 bridgehead atoms. The molecule has 0 radical (unpaired) electrons. The van der Waals surface area contributed by atoms with Gasteiger partial charge in [-0.1, -0.05) is 60.7 Å². The first kappa shape index (κ1) is 16.6. The number of ether oxygens (including phenoxy) is 1. The number of benzene rings is 4. The van der Waals surface area contributed by atoms with Crippen molar-refractivity contribution in [3.63, 3.8) is 0 Å². The average Bonchev–Trinajstić information content (AvgIpc) is 2.67. The predicted octanol–water partition coefficient (Wildman–Crippen LogP) is 4.40. The van der Waals surface area contributed by atoms with Crippen LogP contribution in [-0.4, -0.2) is 22.2 Å². The summed E-state index contributed by atoms with van der Waals surface area (Å²) in [5.41, 5.74) is -0.192. The van der Waals surface area contributed by atoms with Crippen LogP contribution in [-0.2, 0) is 4.74 Å². The predicted molar refractivity (Wildman–Crippen MR) is 101 cm³/mol. The zero-order chi connectivity index (χ0) is 19.0. The molecule has 0 aromatic heterocycles. The molecular weight excluding hydrogens is 344 g/mol. The lowest BCUT2D eigenvalue weighted by molar-refractivity contribution is 0.0397. The highest BCUT2D eigenvalue weighted by molar-refractivity contribution is 6.15. The van der Waals surface area contributed by atoms with Gasteiger partial charge in [0.05, 0.1) is 0 Å². The molecule has 0 heterocycles. The van der Waals surface area contributed by atoms with Gasteiger partial charge in [-0.3, -0.25) is 0 Å². The van der Waals surface area contributed by atoms with Crippen molar-refractivity contribution in [1.29, 1.82) is 0 Å². The Labute approximate surface area is 154 Å². The van der Waals surface area contributed by atoms with Crippen LogP contribution in [0.1, 0.15) is 20.7 Å². The second-order valence-electron chi connectivity index (χ2n) is 6.04. The third kappa shape index (κ3) is 2.85. The van der Waals surface area contributed by atoms with Crippen molar-refractivity contribution >= 4 is 33.5 Å². The zero-order valence-electron chi connectivity index (χ0n) is 14.0. The molecule has 0 unspecified atom stereocenters. The lowest BCUT2D eigenvalue weighted by Crippen LogP contribution is -2.14. The van der Waals surface area contributed by atoms with E-state index < -0.39 is 11.9 Å². The molecule has 4 aromatic carbocycles. The molecular formula is C22H14O5. The van der Waals surface area contributed by atoms with E-state index in [2.05, 4.69) is 0 Å². The van der Waals surface area contributed by atoms with Crippen LogP contribution in [0.4, 0.5) is 0 Å². The van der Waals surface area contributed by atoms with Crippen LogP contribution in [0, 0.1) is 0 Å². The molecule has 0 amide bonds. The maximum Gasteiger partial charge on any atom is 0.350 e. The third-order valence-electron chi connectivity index (χ3n) is 4.41. The van der Waals surface area contributed by atoms with E-state index in [0.717, 1.165) is 10.8 Å². The van der Waals surface area contributed by atoms with E-state index in [1.54, 1.807) is 60.7 Å². The lowest BCUT2D eigenvalue weighted by atomic mass is 10.0. The highest BCUT2D eigenvalue weighted by Crippen LogP contribution is 2.30. The Kier molecular flexibility index (Phi) is 3.97. The smallest absolute Gasteiger partial charge is 0.350 e. The summed E-state index contributed by atoms with van der Waals surface area (Å²) in [5.74, 6) is -2.54. The highest BCUT2D eigenvalue weighted by Gasteiger charge is 2.24. The van der Waals surface area contributed by atoms with Crippen LogP contribution in [0.15, 0.2) is 72.8 Å². The number of carbonyl (C=O) groups excluding carboxylic acids is 2. The molecule has 0 atom stereocenters. The number of phenols is 2. The van der Waals surface area contributed by atoms with Crippen molar-refractivity contribution in [2.24, 2.45) is 0 Å². The summed E-state index contributed by atoms with van der Waals surface area (Å²) in [4.78, 5) is 25.3. The molecule has 0 aliphatic carbocycles. The number of hydrogen-bond acceptors (Lipinski definition) is 5. The van der Waals surface area contributed by atoms with Crippen molar-refractivity contribution < 1.29 is 24.5 Å². The van der Waals surface area contributed by atoms with E-state index >= 15 is 0 Å². The fourth-order valence-electron chi connectivity index (χ4n) is 3.14. The lowest BCUT2D eigenvalue weighted by Gasteiger charge is -2.10. The van der Waals surface area contributed by atoms with Crippen molar-refractivity contribution in [2.75, 3.05) is 0 Å². The van der Waals surface area contributed by atoms with Gasteiger partial charge in [-0.25, -0.2) is 9.59 Å². The van der Waals surface area contributed by atoms with Gasteiger partial charge in [0.25, 0.3) is 0 Å². The van der Waals surface area contributed by atoms with Crippen LogP contribution in [0.3, 0.4) is 0 Å². The summed E-state index contributed by atoms with van der Waals surface area (Å²) in [5, 5.41) is 22.6. The summed E-state index contributed by atoms with van der Waals surface area (Å²) in [6.45, 7) is 0. The molecule has 4 aromatic rings. The van der Waals surface area contributed by atoms with Gasteiger partial charge in [-0.2, -0.15) is 0 Å². The van der Waals surface area contributed by atoms with E-state index in [9.17, 15) is 19.8 Å². The number of rotatable bonds is 2. The summed E-state index contributed by atoms with van der Waals surface area (Å²) in [6.07, 6.45) is 0. The van der Waals surface area contributed by atoms with Gasteiger partial charge in [0.1, 0.15) is 22.6 Å². The second kappa shape index (κ2) is 6.46. The van der Waals surface area contributed by atoms with Crippen LogP contribution in [0.2, 0.25) is 0 Å². The fraction of sp³-hybridized carbons (Fsp3) is 0. The number of hydrogen-bond donors (Lipinski definition) is 2. The van der Waals surface area contributed by atoms with E-state index in [0.29, 0.717) is 10.8 Å². The van der Waals surface area contributed by atoms with Gasteiger partial charge >= 0.3 is 11.9 Å². The SMILES string of the molecule is O=C(OC(=O)c1c(O)ccc2ccccc12)c1c(O)ccc2ccccc12. The minimum absolute atomic E-state index is 0.0961. The molecule has 0 saturated carbocycles. The van der Waals surface area contributed by atoms with Crippen LogP contribution in [0.5, 0.6) is 11.5 Å². The van der Waals surface area contributed by atoms with Gasteiger partial charge in [0.15, 0.2) is 0 Å². The van der Waals surface area contributed by atoms with E-state index in [1.807, 2.05) is 0 Å². The first-order valence-corrected chi connectivity index (χ1v) is 8.24. The van der Waals surface area contributed by atoms with E-state index in [4.69, 9.17) is 4.74 Å². The minimum Gasteiger partial charge on any atom is -0.507 e. The Morgan fingerprint density at radius 2 is 1.00 bits per heavy atom. The largest absolute Gasteiger partial charge is 0.507 e. The summed E-state index contributed by atoms with van der Waals surface area (Å²) >= 11 is 0. The van der Waals surface area contributed by atoms with Crippen LogP contribution < -0.4 is 0 Å². The number of carbonyl (C=O) groups is 2. The van der Waals surface area contributed by atoms with Crippen molar-refractivity contribution in [3.05, 3.63) is 83.9 Å². The monoisotopic (exact) mass is 358 g/mol. The normalized spacial score (nSPS) is 10.8. The first-order chi connectivity index (χ1) is 13.1. The molecule has 0 fully saturated rings. The summed E-state index contributed by atoms with van der Waals surface area (Å²) < 4.78 is 5.00. The highest BCUT2D eigenvalue weighted by atomic mass is 16.6. The topological polar surface area (TPSA) is 83.8 Å². The number of fused-ring (bicyclic) bond motifs is 2.